The number of nitrogens with zero attached hydrogens (tertiary/aromatic N) is 1. The monoisotopic (exact) mass is 238 g/mol. The topological polar surface area (TPSA) is 24.9 Å². The van der Waals surface area contributed by atoms with Crippen molar-refractivity contribution in [3.8, 4) is 0 Å². The first kappa shape index (κ1) is 12.1. The first-order valence-corrected chi connectivity index (χ1v) is 7.11. The predicted molar refractivity (Wildman–Crippen MR) is 69.8 cm³/mol. The third kappa shape index (κ3) is 3.05. The molecule has 0 unspecified atom stereocenters. The standard InChI is InChI=1S/C13H22N2S/c1-10-6-13(2,3)7-12(10)14-5-4-11-8-16-9-15-11/h8-10,12,14H,4-7H2,1-3H3/t10-,12-/m0/s1. The van der Waals surface area contributed by atoms with Gasteiger partial charge in [-0.2, -0.15) is 0 Å². The number of hydrogen-bond acceptors (Lipinski definition) is 3. The zero-order valence-electron chi connectivity index (χ0n) is 10.5. The van der Waals surface area contributed by atoms with E-state index < -0.39 is 0 Å². The lowest BCUT2D eigenvalue weighted by Crippen LogP contribution is -2.33. The molecule has 0 spiro atoms. The van der Waals surface area contributed by atoms with Gasteiger partial charge in [0.05, 0.1) is 11.2 Å². The van der Waals surface area contributed by atoms with Gasteiger partial charge >= 0.3 is 0 Å². The first-order chi connectivity index (χ1) is 7.57. The molecule has 0 aliphatic heterocycles. The van der Waals surface area contributed by atoms with E-state index in [-0.39, 0.29) is 0 Å². The van der Waals surface area contributed by atoms with Crippen molar-refractivity contribution in [3.63, 3.8) is 0 Å². The molecule has 1 N–H and O–H groups in total. The maximum Gasteiger partial charge on any atom is 0.0794 e. The van der Waals surface area contributed by atoms with Crippen LogP contribution in [0.5, 0.6) is 0 Å². The minimum absolute atomic E-state index is 0.526. The number of nitrogens with one attached hydrogen (secondary N) is 1. The highest BCUT2D eigenvalue weighted by atomic mass is 32.1. The van der Waals surface area contributed by atoms with E-state index in [0.29, 0.717) is 11.5 Å². The molecule has 2 nitrogen and oxygen atoms in total. The minimum atomic E-state index is 0.526. The number of rotatable bonds is 4. The molecule has 16 heavy (non-hydrogen) atoms. The van der Waals surface area contributed by atoms with E-state index in [1.54, 1.807) is 11.3 Å². The third-order valence-corrected chi connectivity index (χ3v) is 4.24. The van der Waals surface area contributed by atoms with Crippen molar-refractivity contribution in [3.05, 3.63) is 16.6 Å². The van der Waals surface area contributed by atoms with Crippen molar-refractivity contribution in [1.82, 2.24) is 10.3 Å². The zero-order chi connectivity index (χ0) is 11.6. The molecule has 1 aromatic rings. The summed E-state index contributed by atoms with van der Waals surface area (Å²) in [4.78, 5) is 4.31. The van der Waals surface area contributed by atoms with Crippen molar-refractivity contribution in [2.24, 2.45) is 11.3 Å². The normalized spacial score (nSPS) is 28.4. The molecule has 1 saturated carbocycles. The highest BCUT2D eigenvalue weighted by Crippen LogP contribution is 2.40. The quantitative estimate of drug-likeness (QED) is 0.872. The Balaban J connectivity index is 1.74. The lowest BCUT2D eigenvalue weighted by molar-refractivity contribution is 0.362. The first-order valence-electron chi connectivity index (χ1n) is 6.17. The Morgan fingerprint density at radius 1 is 1.50 bits per heavy atom. The van der Waals surface area contributed by atoms with Gasteiger partial charge in [0.15, 0.2) is 0 Å². The van der Waals surface area contributed by atoms with Gasteiger partial charge in [0, 0.05) is 24.4 Å². The zero-order valence-corrected chi connectivity index (χ0v) is 11.3. The van der Waals surface area contributed by atoms with Crippen molar-refractivity contribution in [1.29, 1.82) is 0 Å². The molecule has 0 bridgehead atoms. The molecule has 1 fully saturated rings. The summed E-state index contributed by atoms with van der Waals surface area (Å²) < 4.78 is 0. The fourth-order valence-electron chi connectivity index (χ4n) is 2.91. The fraction of sp³-hybridized carbons (Fsp3) is 0.769. The Hall–Kier alpha value is -0.410. The maximum absolute atomic E-state index is 4.31. The Bertz CT molecular complexity index is 319. The lowest BCUT2D eigenvalue weighted by Gasteiger charge is -2.18. The van der Waals surface area contributed by atoms with Crippen LogP contribution in [0, 0.1) is 11.3 Å². The van der Waals surface area contributed by atoms with Crippen LogP contribution < -0.4 is 5.32 Å². The van der Waals surface area contributed by atoms with Gasteiger partial charge in [0.25, 0.3) is 0 Å². The second kappa shape index (κ2) is 4.84. The van der Waals surface area contributed by atoms with Crippen molar-refractivity contribution >= 4 is 11.3 Å². The molecule has 2 atom stereocenters. The van der Waals surface area contributed by atoms with Crippen LogP contribution >= 0.6 is 11.3 Å². The second-order valence-electron chi connectivity index (χ2n) is 5.84. The average Bonchev–Trinajstić information content (AvgIpc) is 2.75. The molecular formula is C13H22N2S. The molecule has 1 aliphatic carbocycles. The summed E-state index contributed by atoms with van der Waals surface area (Å²) in [6.45, 7) is 8.20. The smallest absolute Gasteiger partial charge is 0.0794 e. The maximum atomic E-state index is 4.31. The predicted octanol–water partition coefficient (Wildman–Crippen LogP) is 3.10. The summed E-state index contributed by atoms with van der Waals surface area (Å²) >= 11 is 1.68. The number of aromatic nitrogens is 1. The second-order valence-corrected chi connectivity index (χ2v) is 6.56. The van der Waals surface area contributed by atoms with Gasteiger partial charge in [-0.05, 0) is 24.2 Å². The summed E-state index contributed by atoms with van der Waals surface area (Å²) in [6.07, 6.45) is 3.72. The van der Waals surface area contributed by atoms with Gasteiger partial charge in [-0.25, -0.2) is 4.98 Å². The molecule has 2 rings (SSSR count). The highest BCUT2D eigenvalue weighted by molar-refractivity contribution is 7.07. The van der Waals surface area contributed by atoms with Gasteiger partial charge in [0.1, 0.15) is 0 Å². The Labute approximate surface area is 102 Å². The molecule has 1 aliphatic rings. The Morgan fingerprint density at radius 3 is 2.88 bits per heavy atom. The minimum Gasteiger partial charge on any atom is -0.313 e. The summed E-state index contributed by atoms with van der Waals surface area (Å²) in [6, 6.07) is 0.702. The van der Waals surface area contributed by atoms with Crippen LogP contribution in [0.25, 0.3) is 0 Å². The van der Waals surface area contributed by atoms with Gasteiger partial charge < -0.3 is 5.32 Å². The van der Waals surface area contributed by atoms with Crippen LogP contribution in [-0.4, -0.2) is 17.6 Å². The van der Waals surface area contributed by atoms with Gasteiger partial charge in [0.2, 0.25) is 0 Å². The molecule has 0 amide bonds. The average molecular weight is 238 g/mol. The SMILES string of the molecule is C[C@H]1CC(C)(C)C[C@@H]1NCCc1cscn1. The summed E-state index contributed by atoms with van der Waals surface area (Å²) in [5.41, 5.74) is 3.66. The van der Waals surface area contributed by atoms with Crippen molar-refractivity contribution < 1.29 is 0 Å². The molecule has 3 heteroatoms. The van der Waals surface area contributed by atoms with Crippen LogP contribution in [0.3, 0.4) is 0 Å². The fourth-order valence-corrected chi connectivity index (χ4v) is 3.51. The van der Waals surface area contributed by atoms with Gasteiger partial charge in [-0.3, -0.25) is 0 Å². The largest absolute Gasteiger partial charge is 0.313 e. The van der Waals surface area contributed by atoms with Crippen LogP contribution in [-0.2, 0) is 6.42 Å². The molecule has 1 aromatic heterocycles. The van der Waals surface area contributed by atoms with E-state index in [1.807, 2.05) is 5.51 Å². The van der Waals surface area contributed by atoms with Crippen LogP contribution in [0.2, 0.25) is 0 Å². The van der Waals surface area contributed by atoms with Crippen LogP contribution in [0.15, 0.2) is 10.9 Å². The van der Waals surface area contributed by atoms with E-state index in [0.717, 1.165) is 18.9 Å². The van der Waals surface area contributed by atoms with Crippen molar-refractivity contribution in [2.45, 2.75) is 46.1 Å². The van der Waals surface area contributed by atoms with Crippen LogP contribution in [0.1, 0.15) is 39.3 Å². The highest BCUT2D eigenvalue weighted by Gasteiger charge is 2.35. The summed E-state index contributed by atoms with van der Waals surface area (Å²) in [5, 5.41) is 5.83. The summed E-state index contributed by atoms with van der Waals surface area (Å²) in [7, 11) is 0. The van der Waals surface area contributed by atoms with Gasteiger partial charge in [-0.15, -0.1) is 11.3 Å². The number of thiazole rings is 1. The van der Waals surface area contributed by atoms with E-state index in [2.05, 4.69) is 36.5 Å². The van der Waals surface area contributed by atoms with E-state index >= 15 is 0 Å². The summed E-state index contributed by atoms with van der Waals surface area (Å²) in [5.74, 6) is 0.811. The number of hydrogen-bond donors (Lipinski definition) is 1. The Kier molecular flexibility index (Phi) is 3.65. The van der Waals surface area contributed by atoms with E-state index in [4.69, 9.17) is 0 Å². The Morgan fingerprint density at radius 2 is 2.31 bits per heavy atom. The molecular weight excluding hydrogens is 216 g/mol. The molecule has 1 heterocycles. The van der Waals surface area contributed by atoms with E-state index in [1.165, 1.54) is 18.5 Å². The molecule has 0 radical (unpaired) electrons. The molecule has 0 saturated heterocycles. The van der Waals surface area contributed by atoms with Crippen molar-refractivity contribution in [2.75, 3.05) is 6.54 Å². The van der Waals surface area contributed by atoms with E-state index in [9.17, 15) is 0 Å². The van der Waals surface area contributed by atoms with Gasteiger partial charge in [-0.1, -0.05) is 20.8 Å². The lowest BCUT2D eigenvalue weighted by atomic mass is 9.91. The molecule has 90 valence electrons. The molecule has 0 aromatic carbocycles. The third-order valence-electron chi connectivity index (χ3n) is 3.61. The van der Waals surface area contributed by atoms with Crippen LogP contribution in [0.4, 0.5) is 0 Å².